The van der Waals surface area contributed by atoms with Crippen LogP contribution >= 0.6 is 0 Å². The lowest BCUT2D eigenvalue weighted by molar-refractivity contribution is 0.102. The van der Waals surface area contributed by atoms with Crippen molar-refractivity contribution in [3.8, 4) is 0 Å². The fourth-order valence-electron chi connectivity index (χ4n) is 5.22. The third-order valence-corrected chi connectivity index (χ3v) is 8.74. The smallest absolute Gasteiger partial charge is 0.282 e. The van der Waals surface area contributed by atoms with Gasteiger partial charge in [-0.25, -0.2) is 0 Å². The Hall–Kier alpha value is -2.51. The fourth-order valence-corrected chi connectivity index (χ4v) is 6.42. The van der Waals surface area contributed by atoms with Crippen LogP contribution in [0.3, 0.4) is 0 Å². The van der Waals surface area contributed by atoms with Crippen LogP contribution in [0.2, 0.25) is 0 Å². The molecule has 7 heteroatoms. The second-order valence-corrected chi connectivity index (χ2v) is 11.3. The summed E-state index contributed by atoms with van der Waals surface area (Å²) < 4.78 is 30.2. The minimum Gasteiger partial charge on any atom is -0.322 e. The zero-order valence-electron chi connectivity index (χ0n) is 20.4. The first kappa shape index (κ1) is 24.6. The summed E-state index contributed by atoms with van der Waals surface area (Å²) in [5.74, 6) is -0.00387. The van der Waals surface area contributed by atoms with Crippen LogP contribution in [-0.4, -0.2) is 44.1 Å². The maximum atomic E-state index is 13.0. The zero-order valence-corrected chi connectivity index (χ0v) is 21.2. The Labute approximate surface area is 203 Å². The van der Waals surface area contributed by atoms with Gasteiger partial charge in [-0.2, -0.15) is 12.8 Å². The lowest BCUT2D eigenvalue weighted by atomic mass is 9.92. The fraction of sp³-hybridized carbons (Fsp3) is 0.481. The van der Waals surface area contributed by atoms with Crippen molar-refractivity contribution >= 4 is 27.3 Å². The topological polar surface area (TPSA) is 78.8 Å². The van der Waals surface area contributed by atoms with Crippen LogP contribution in [0.15, 0.2) is 51.8 Å². The predicted octanol–water partition coefficient (Wildman–Crippen LogP) is 5.36. The van der Waals surface area contributed by atoms with Crippen molar-refractivity contribution in [1.29, 1.82) is 0 Å². The highest BCUT2D eigenvalue weighted by Crippen LogP contribution is 2.29. The highest BCUT2D eigenvalue weighted by molar-refractivity contribution is 7.90. The number of likely N-dealkylation sites (tertiary alicyclic amines) is 1. The van der Waals surface area contributed by atoms with Gasteiger partial charge < -0.3 is 10.2 Å². The summed E-state index contributed by atoms with van der Waals surface area (Å²) in [5, 5.41) is 2.89. The third kappa shape index (κ3) is 5.58. The molecule has 4 rings (SSSR count). The molecule has 1 N–H and O–H groups in total. The van der Waals surface area contributed by atoms with Crippen molar-refractivity contribution in [3.05, 3.63) is 59.2 Å². The van der Waals surface area contributed by atoms with Crippen LogP contribution in [0.5, 0.6) is 0 Å². The van der Waals surface area contributed by atoms with Gasteiger partial charge in [-0.1, -0.05) is 31.0 Å². The second kappa shape index (κ2) is 10.4. The van der Waals surface area contributed by atoms with Crippen molar-refractivity contribution in [2.45, 2.75) is 70.2 Å². The molecule has 1 amide bonds. The number of carbonyl (C=O) groups is 1. The van der Waals surface area contributed by atoms with E-state index in [9.17, 15) is 13.2 Å². The molecule has 1 aliphatic carbocycles. The molecule has 2 aromatic carbocycles. The van der Waals surface area contributed by atoms with Crippen molar-refractivity contribution in [2.75, 3.05) is 18.4 Å². The van der Waals surface area contributed by atoms with E-state index in [0.29, 0.717) is 22.5 Å². The predicted molar refractivity (Wildman–Crippen MR) is 137 cm³/mol. The van der Waals surface area contributed by atoms with Gasteiger partial charge in [0.1, 0.15) is 0 Å². The van der Waals surface area contributed by atoms with Crippen LogP contribution in [0.4, 0.5) is 5.69 Å². The number of hydrogen-bond acceptors (Lipinski definition) is 4. The van der Waals surface area contributed by atoms with E-state index >= 15 is 0 Å². The van der Waals surface area contributed by atoms with Crippen molar-refractivity contribution in [2.24, 2.45) is 10.3 Å². The molecule has 182 valence electrons. The maximum absolute atomic E-state index is 13.0. The molecule has 2 aliphatic rings. The second-order valence-electron chi connectivity index (χ2n) is 9.70. The monoisotopic (exact) mass is 481 g/mol. The number of nitrogens with zero attached hydrogens (tertiary/aromatic N) is 2. The summed E-state index contributed by atoms with van der Waals surface area (Å²) in [4.78, 5) is 15.4. The lowest BCUT2D eigenvalue weighted by Gasteiger charge is -2.35. The van der Waals surface area contributed by atoms with E-state index in [0.717, 1.165) is 37.5 Å². The van der Waals surface area contributed by atoms with E-state index in [2.05, 4.69) is 14.6 Å². The molecule has 0 radical (unpaired) electrons. The molecule has 1 saturated heterocycles. The molecular weight excluding hydrogens is 446 g/mol. The third-order valence-electron chi connectivity index (χ3n) is 7.36. The molecule has 34 heavy (non-hydrogen) atoms. The van der Waals surface area contributed by atoms with Crippen LogP contribution in [0, 0.1) is 19.8 Å². The van der Waals surface area contributed by atoms with Crippen LogP contribution in [0.25, 0.3) is 0 Å². The van der Waals surface area contributed by atoms with Gasteiger partial charge in [0, 0.05) is 28.9 Å². The summed E-state index contributed by atoms with van der Waals surface area (Å²) in [7, 11) is -3.80. The first-order valence-corrected chi connectivity index (χ1v) is 13.7. The molecule has 0 spiro atoms. The molecule has 0 bridgehead atoms. The Kier molecular flexibility index (Phi) is 7.53. The van der Waals surface area contributed by atoms with Gasteiger partial charge in [0.25, 0.3) is 15.9 Å². The maximum Gasteiger partial charge on any atom is 0.282 e. The van der Waals surface area contributed by atoms with Crippen LogP contribution < -0.4 is 5.32 Å². The largest absolute Gasteiger partial charge is 0.322 e. The molecule has 2 aromatic rings. The summed E-state index contributed by atoms with van der Waals surface area (Å²) >= 11 is 0. The molecule has 0 atom stereocenters. The van der Waals surface area contributed by atoms with Crippen molar-refractivity contribution < 1.29 is 13.2 Å². The van der Waals surface area contributed by atoms with Gasteiger partial charge in [-0.05, 0) is 94.9 Å². The van der Waals surface area contributed by atoms with Gasteiger partial charge in [-0.15, -0.1) is 0 Å². The SMILES string of the molecule is C/C(=N/S(=O)(=O)c1ccc(NC(=O)c2ccccc2C)c(C)c1)C1CCN(C2CCCC2)CC1. The number of benzene rings is 2. The molecule has 0 aromatic heterocycles. The van der Waals surface area contributed by atoms with Gasteiger partial charge in [-0.3, -0.25) is 4.79 Å². The molecule has 0 unspecified atom stereocenters. The number of anilines is 1. The summed E-state index contributed by atoms with van der Waals surface area (Å²) in [5.41, 5.74) is 3.45. The molecule has 1 heterocycles. The molecular formula is C27H35N3O3S. The normalized spacial score (nSPS) is 18.9. The minimum atomic E-state index is -3.80. The molecule has 1 saturated carbocycles. The lowest BCUT2D eigenvalue weighted by Crippen LogP contribution is -2.41. The average molecular weight is 482 g/mol. The van der Waals surface area contributed by atoms with Crippen LogP contribution in [0.1, 0.15) is 66.9 Å². The van der Waals surface area contributed by atoms with E-state index < -0.39 is 10.0 Å². The first-order valence-electron chi connectivity index (χ1n) is 12.3. The highest BCUT2D eigenvalue weighted by Gasteiger charge is 2.29. The van der Waals surface area contributed by atoms with Gasteiger partial charge >= 0.3 is 0 Å². The Bertz CT molecular complexity index is 1180. The Morgan fingerprint density at radius 2 is 1.65 bits per heavy atom. The Balaban J connectivity index is 1.43. The number of rotatable bonds is 6. The average Bonchev–Trinajstić information content (AvgIpc) is 3.35. The summed E-state index contributed by atoms with van der Waals surface area (Å²) in [6.07, 6.45) is 7.18. The van der Waals surface area contributed by atoms with Crippen molar-refractivity contribution in [1.82, 2.24) is 4.90 Å². The number of amides is 1. The number of nitrogens with one attached hydrogen (secondary N) is 1. The van der Waals surface area contributed by atoms with E-state index in [4.69, 9.17) is 0 Å². The minimum absolute atomic E-state index is 0.154. The molecule has 2 fully saturated rings. The van der Waals surface area contributed by atoms with Crippen LogP contribution in [-0.2, 0) is 10.0 Å². The number of piperidine rings is 1. The number of carbonyl (C=O) groups excluding carboxylic acids is 1. The molecule has 6 nitrogen and oxygen atoms in total. The van der Waals surface area contributed by atoms with Gasteiger partial charge in [0.2, 0.25) is 0 Å². The van der Waals surface area contributed by atoms with E-state index in [1.165, 1.54) is 31.7 Å². The van der Waals surface area contributed by atoms with E-state index in [1.807, 2.05) is 32.0 Å². The number of hydrogen-bond donors (Lipinski definition) is 1. The van der Waals surface area contributed by atoms with E-state index in [1.54, 1.807) is 25.1 Å². The summed E-state index contributed by atoms with van der Waals surface area (Å²) in [6.45, 7) is 7.57. The van der Waals surface area contributed by atoms with Crippen molar-refractivity contribution in [3.63, 3.8) is 0 Å². The highest BCUT2D eigenvalue weighted by atomic mass is 32.2. The standard InChI is InChI=1S/C27H35N3O3S/c1-19-8-4-7-11-25(19)27(31)28-26-13-12-24(18-20(26)2)34(32,33)29-21(3)22-14-16-30(17-15-22)23-9-5-6-10-23/h4,7-8,11-13,18,22-23H,5-6,9-10,14-17H2,1-3H3,(H,28,31)/b29-21-. The quantitative estimate of drug-likeness (QED) is 0.564. The first-order chi connectivity index (χ1) is 16.2. The summed E-state index contributed by atoms with van der Waals surface area (Å²) in [6, 6.07) is 12.8. The Morgan fingerprint density at radius 1 is 0.971 bits per heavy atom. The zero-order chi connectivity index (χ0) is 24.3. The van der Waals surface area contributed by atoms with E-state index in [-0.39, 0.29) is 16.7 Å². The van der Waals surface area contributed by atoms with Gasteiger partial charge in [0.15, 0.2) is 0 Å². The number of aryl methyl sites for hydroxylation is 2. The Morgan fingerprint density at radius 3 is 2.29 bits per heavy atom. The molecule has 1 aliphatic heterocycles. The van der Waals surface area contributed by atoms with Gasteiger partial charge in [0.05, 0.1) is 4.90 Å². The number of sulfonamides is 1.